The number of nitrogens with zero attached hydrogens (tertiary/aromatic N) is 4. The van der Waals surface area contributed by atoms with Gasteiger partial charge < -0.3 is 4.57 Å². The van der Waals surface area contributed by atoms with Crippen molar-refractivity contribution in [2.45, 2.75) is 19.3 Å². The highest BCUT2D eigenvalue weighted by atomic mass is 32.1. The molecule has 10 aromatic rings. The van der Waals surface area contributed by atoms with E-state index in [1.165, 1.54) is 57.7 Å². The van der Waals surface area contributed by atoms with Crippen molar-refractivity contribution in [3.8, 4) is 11.4 Å². The Bertz CT molecular complexity index is 3140. The van der Waals surface area contributed by atoms with E-state index in [4.69, 9.17) is 9.97 Å². The number of anilines is 3. The molecule has 0 radical (unpaired) electrons. The molecule has 0 saturated carbocycles. The largest absolute Gasteiger partial charge is 0.327 e. The number of hydrogen-bond donors (Lipinski definition) is 0. The van der Waals surface area contributed by atoms with E-state index in [1.54, 1.807) is 0 Å². The number of fused-ring (bicyclic) bond motifs is 7. The van der Waals surface area contributed by atoms with E-state index >= 15 is 0 Å². The second-order valence-corrected chi connectivity index (χ2v) is 20.8. The minimum Gasteiger partial charge on any atom is -0.327 e. The molecule has 0 aliphatic carbocycles. The SMILES string of the molecule is Cn1c(-c2cccc([Si](c3ccccc3)(c3ccccc3)c3cccc(N4c5ccccc5C(C)(C)c5c4ncc4sc6ccccc6c54)c3)c2)nc2ccccc21. The summed E-state index contributed by atoms with van der Waals surface area (Å²) in [6, 6.07) is 67.0. The Morgan fingerprint density at radius 3 is 2.00 bits per heavy atom. The topological polar surface area (TPSA) is 34.0 Å². The van der Waals surface area contributed by atoms with Gasteiger partial charge in [0.2, 0.25) is 0 Å². The van der Waals surface area contributed by atoms with Crippen molar-refractivity contribution in [3.05, 3.63) is 199 Å². The summed E-state index contributed by atoms with van der Waals surface area (Å²) in [6.45, 7) is 4.73. The summed E-state index contributed by atoms with van der Waals surface area (Å²) in [6.07, 6.45) is 2.10. The molecule has 278 valence electrons. The first-order chi connectivity index (χ1) is 28.4. The summed E-state index contributed by atoms with van der Waals surface area (Å²) in [4.78, 5) is 13.0. The van der Waals surface area contributed by atoms with Gasteiger partial charge in [-0.2, -0.15) is 0 Å². The van der Waals surface area contributed by atoms with Gasteiger partial charge in [0, 0.05) is 50.9 Å². The number of aromatic nitrogens is 3. The highest BCUT2D eigenvalue weighted by Gasteiger charge is 2.44. The van der Waals surface area contributed by atoms with Crippen LogP contribution in [-0.4, -0.2) is 22.6 Å². The molecule has 4 nitrogen and oxygen atoms in total. The van der Waals surface area contributed by atoms with Crippen LogP contribution in [0.4, 0.5) is 17.2 Å². The smallest absolute Gasteiger partial charge is 0.179 e. The number of benzene rings is 7. The van der Waals surface area contributed by atoms with E-state index in [1.807, 2.05) is 11.3 Å². The molecule has 0 amide bonds. The molecule has 0 N–H and O–H groups in total. The average Bonchev–Trinajstić information content (AvgIpc) is 3.82. The third-order valence-electron chi connectivity index (χ3n) is 12.3. The highest BCUT2D eigenvalue weighted by molar-refractivity contribution is 7.25. The fraction of sp³-hybridized carbons (Fsp3) is 0.0769. The van der Waals surface area contributed by atoms with Crippen molar-refractivity contribution in [1.29, 1.82) is 0 Å². The van der Waals surface area contributed by atoms with Crippen molar-refractivity contribution >= 4 is 88.6 Å². The normalized spacial score (nSPS) is 13.5. The maximum atomic E-state index is 5.37. The molecule has 1 aliphatic rings. The van der Waals surface area contributed by atoms with Crippen molar-refractivity contribution < 1.29 is 0 Å². The van der Waals surface area contributed by atoms with Crippen LogP contribution in [0.3, 0.4) is 0 Å². The van der Waals surface area contributed by atoms with Crippen molar-refractivity contribution in [3.63, 3.8) is 0 Å². The average molecular weight is 781 g/mol. The van der Waals surface area contributed by atoms with Crippen molar-refractivity contribution in [2.75, 3.05) is 4.90 Å². The summed E-state index contributed by atoms with van der Waals surface area (Å²) >= 11 is 1.83. The molecule has 0 bridgehead atoms. The number of imidazole rings is 1. The molecule has 11 rings (SSSR count). The number of pyridine rings is 1. The summed E-state index contributed by atoms with van der Waals surface area (Å²) in [5.74, 6) is 1.95. The minimum atomic E-state index is -2.98. The second-order valence-electron chi connectivity index (χ2n) is 15.9. The fourth-order valence-corrected chi connectivity index (χ4v) is 15.6. The Hall–Kier alpha value is -6.60. The monoisotopic (exact) mass is 780 g/mol. The molecular weight excluding hydrogens is 741 g/mol. The molecule has 7 aromatic carbocycles. The van der Waals surface area contributed by atoms with Crippen LogP contribution in [0.2, 0.25) is 0 Å². The third-order valence-corrected chi connectivity index (χ3v) is 18.2. The summed E-state index contributed by atoms with van der Waals surface area (Å²) < 4.78 is 4.73. The van der Waals surface area contributed by atoms with E-state index in [-0.39, 0.29) is 5.41 Å². The predicted molar refractivity (Wildman–Crippen MR) is 247 cm³/mol. The Morgan fingerprint density at radius 2 is 1.22 bits per heavy atom. The molecule has 0 unspecified atom stereocenters. The zero-order valence-corrected chi connectivity index (χ0v) is 34.4. The van der Waals surface area contributed by atoms with Crippen LogP contribution in [0.1, 0.15) is 25.0 Å². The molecule has 4 heterocycles. The molecule has 3 aromatic heterocycles. The van der Waals surface area contributed by atoms with Gasteiger partial charge in [-0.05, 0) is 62.7 Å². The lowest BCUT2D eigenvalue weighted by molar-refractivity contribution is 0.634. The first-order valence-electron chi connectivity index (χ1n) is 19.9. The van der Waals surface area contributed by atoms with E-state index in [0.29, 0.717) is 0 Å². The second kappa shape index (κ2) is 13.2. The zero-order chi connectivity index (χ0) is 39.0. The Morgan fingerprint density at radius 1 is 0.586 bits per heavy atom. The summed E-state index contributed by atoms with van der Waals surface area (Å²) in [7, 11) is -0.857. The van der Waals surface area contributed by atoms with E-state index in [0.717, 1.165) is 33.9 Å². The van der Waals surface area contributed by atoms with Crippen molar-refractivity contribution in [1.82, 2.24) is 14.5 Å². The predicted octanol–water partition coefficient (Wildman–Crippen LogP) is 10.5. The van der Waals surface area contributed by atoms with Gasteiger partial charge in [0.1, 0.15) is 11.6 Å². The molecular formula is C52H40N4SSi. The van der Waals surface area contributed by atoms with Gasteiger partial charge in [-0.15, -0.1) is 11.3 Å². The minimum absolute atomic E-state index is 0.279. The van der Waals surface area contributed by atoms with Crippen molar-refractivity contribution in [2.24, 2.45) is 7.05 Å². The van der Waals surface area contributed by atoms with Crippen LogP contribution in [0, 0.1) is 0 Å². The molecule has 0 spiro atoms. The van der Waals surface area contributed by atoms with Gasteiger partial charge in [-0.1, -0.05) is 159 Å². The highest BCUT2D eigenvalue weighted by Crippen LogP contribution is 2.54. The lowest BCUT2D eigenvalue weighted by Gasteiger charge is -2.42. The van der Waals surface area contributed by atoms with Gasteiger partial charge in [0.05, 0.1) is 21.4 Å². The quantitative estimate of drug-likeness (QED) is 0.125. The Balaban J connectivity index is 1.19. The van der Waals surface area contributed by atoms with Gasteiger partial charge >= 0.3 is 0 Å². The van der Waals surface area contributed by atoms with E-state index in [9.17, 15) is 0 Å². The van der Waals surface area contributed by atoms with Crippen LogP contribution in [0.25, 0.3) is 42.6 Å². The molecule has 0 fully saturated rings. The van der Waals surface area contributed by atoms with E-state index in [2.05, 4.69) is 219 Å². The number of hydrogen-bond acceptors (Lipinski definition) is 4. The van der Waals surface area contributed by atoms with E-state index < -0.39 is 8.07 Å². The van der Waals surface area contributed by atoms with Crippen LogP contribution < -0.4 is 25.6 Å². The van der Waals surface area contributed by atoms with Gasteiger partial charge in [0.15, 0.2) is 8.07 Å². The lowest BCUT2D eigenvalue weighted by atomic mass is 9.73. The number of rotatable bonds is 6. The van der Waals surface area contributed by atoms with Crippen LogP contribution in [-0.2, 0) is 12.5 Å². The summed E-state index contributed by atoms with van der Waals surface area (Å²) in [5, 5.41) is 7.85. The maximum absolute atomic E-state index is 5.37. The van der Waals surface area contributed by atoms with Crippen LogP contribution in [0.5, 0.6) is 0 Å². The number of aryl methyl sites for hydroxylation is 1. The third kappa shape index (κ3) is 5.05. The maximum Gasteiger partial charge on any atom is 0.179 e. The van der Waals surface area contributed by atoms with Crippen LogP contribution >= 0.6 is 11.3 Å². The fourth-order valence-electron chi connectivity index (χ4n) is 9.73. The standard InChI is InChI=1S/C52H40N4SSi/c1-52(2)42-27-11-13-29-44(42)56(51-49(52)48-41-26-10-15-31-46(41)57-47(48)34-53-51)36-19-17-25-40(33-36)58(37-20-6-4-7-21-37,38-22-8-5-9-23-38)39-24-16-18-35(32-39)50-54-43-28-12-14-30-45(43)55(50)3/h4-34H,1-3H3. The van der Waals surface area contributed by atoms with Crippen LogP contribution in [0.15, 0.2) is 188 Å². The number of thiophene rings is 1. The molecule has 1 aliphatic heterocycles. The summed E-state index contributed by atoms with van der Waals surface area (Å²) in [5.41, 5.74) is 7.78. The molecule has 0 saturated heterocycles. The van der Waals surface area contributed by atoms with Gasteiger partial charge in [-0.25, -0.2) is 9.97 Å². The zero-order valence-electron chi connectivity index (χ0n) is 32.6. The first-order valence-corrected chi connectivity index (χ1v) is 22.7. The molecule has 6 heteroatoms. The lowest BCUT2D eigenvalue weighted by Crippen LogP contribution is -2.74. The molecule has 0 atom stereocenters. The Kier molecular flexibility index (Phi) is 7.90. The first kappa shape index (κ1) is 34.6. The van der Waals surface area contributed by atoms with Gasteiger partial charge in [-0.3, -0.25) is 4.90 Å². The number of para-hydroxylation sites is 3. The Labute approximate surface area is 343 Å². The van der Waals surface area contributed by atoms with Gasteiger partial charge in [0.25, 0.3) is 0 Å². The molecule has 58 heavy (non-hydrogen) atoms.